The third-order valence-corrected chi connectivity index (χ3v) is 1.07. The lowest BCUT2D eigenvalue weighted by Gasteiger charge is -1.94. The van der Waals surface area contributed by atoms with Crippen LogP contribution in [-0.4, -0.2) is 5.11 Å². The Morgan fingerprint density at radius 1 is 1.62 bits per heavy atom. The number of hydrogen-bond donors (Lipinski definition) is 1. The molecule has 0 heterocycles. The van der Waals surface area contributed by atoms with Crippen LogP contribution in [0, 0.1) is 0 Å². The van der Waals surface area contributed by atoms with Crippen LogP contribution in [0.25, 0.3) is 0 Å². The van der Waals surface area contributed by atoms with Crippen LogP contribution in [0.2, 0.25) is 0 Å². The number of aliphatic hydroxyl groups excluding tert-OH is 1. The molecule has 0 aliphatic heterocycles. The predicted octanol–water partition coefficient (Wildman–Crippen LogP) is 2.41. The molecule has 0 aromatic carbocycles. The molecule has 8 heavy (non-hydrogen) atoms. The van der Waals surface area contributed by atoms with Crippen molar-refractivity contribution in [3.05, 3.63) is 24.0 Å². The molecular weight excluding hydrogens is 100 g/mol. The normalized spacial score (nSPS) is 12.8. The van der Waals surface area contributed by atoms with E-state index in [1.54, 1.807) is 13.0 Å². The van der Waals surface area contributed by atoms with Crippen LogP contribution in [-0.2, 0) is 0 Å². The van der Waals surface area contributed by atoms with Gasteiger partial charge in [0, 0.05) is 0 Å². The molecule has 0 rings (SSSR count). The minimum absolute atomic E-state index is 0.407. The fourth-order valence-corrected chi connectivity index (χ4v) is 0.364. The highest BCUT2D eigenvalue weighted by molar-refractivity contribution is 5.05. The van der Waals surface area contributed by atoms with Crippen LogP contribution < -0.4 is 0 Å². The average molecular weight is 112 g/mol. The quantitative estimate of drug-likeness (QED) is 0.429. The standard InChI is InChI=1S/C7H12O/c1-4-5-6(2)7(3)8/h4,8H,1,5H2,2-3H3/b7-6-. The van der Waals surface area contributed by atoms with Crippen molar-refractivity contribution in [2.75, 3.05) is 0 Å². The zero-order valence-electron chi connectivity index (χ0n) is 5.44. The van der Waals surface area contributed by atoms with E-state index in [0.29, 0.717) is 5.76 Å². The first-order chi connectivity index (χ1) is 3.68. The third kappa shape index (κ3) is 2.45. The van der Waals surface area contributed by atoms with Gasteiger partial charge in [0.25, 0.3) is 0 Å². The molecule has 0 unspecified atom stereocenters. The Morgan fingerprint density at radius 3 is 2.25 bits per heavy atom. The van der Waals surface area contributed by atoms with E-state index in [1.807, 2.05) is 6.92 Å². The number of hydrogen-bond acceptors (Lipinski definition) is 1. The SMILES string of the molecule is C=CC/C(C)=C(/C)O. The van der Waals surface area contributed by atoms with Crippen molar-refractivity contribution in [2.45, 2.75) is 20.3 Å². The molecule has 0 aliphatic rings. The third-order valence-electron chi connectivity index (χ3n) is 1.07. The maximum absolute atomic E-state index is 8.78. The van der Waals surface area contributed by atoms with E-state index in [2.05, 4.69) is 6.58 Å². The maximum atomic E-state index is 8.78. The lowest BCUT2D eigenvalue weighted by atomic mass is 10.2. The summed E-state index contributed by atoms with van der Waals surface area (Å²) in [5.74, 6) is 0.407. The van der Waals surface area contributed by atoms with Crippen molar-refractivity contribution in [3.8, 4) is 0 Å². The summed E-state index contributed by atoms with van der Waals surface area (Å²) in [5, 5.41) is 8.78. The van der Waals surface area contributed by atoms with Crippen molar-refractivity contribution in [3.63, 3.8) is 0 Å². The Labute approximate surface area is 50.3 Å². The van der Waals surface area contributed by atoms with Gasteiger partial charge in [-0.1, -0.05) is 6.08 Å². The number of rotatable bonds is 2. The van der Waals surface area contributed by atoms with Crippen LogP contribution in [0.15, 0.2) is 24.0 Å². The highest BCUT2D eigenvalue weighted by atomic mass is 16.3. The molecule has 0 aromatic heterocycles. The Kier molecular flexibility index (Phi) is 3.01. The molecule has 1 nitrogen and oxygen atoms in total. The van der Waals surface area contributed by atoms with E-state index in [-0.39, 0.29) is 0 Å². The molecule has 0 saturated carbocycles. The molecule has 0 radical (unpaired) electrons. The Hall–Kier alpha value is -0.720. The summed E-state index contributed by atoms with van der Waals surface area (Å²) in [6.45, 7) is 7.10. The average Bonchev–Trinajstić information content (AvgIpc) is 1.67. The minimum Gasteiger partial charge on any atom is -0.513 e. The van der Waals surface area contributed by atoms with E-state index in [0.717, 1.165) is 12.0 Å². The second-order valence-corrected chi connectivity index (χ2v) is 1.86. The summed E-state index contributed by atoms with van der Waals surface area (Å²) in [7, 11) is 0. The molecule has 1 heteroatoms. The Bertz CT molecular complexity index is 108. The van der Waals surface area contributed by atoms with Gasteiger partial charge in [-0.05, 0) is 25.8 Å². The van der Waals surface area contributed by atoms with E-state index in [9.17, 15) is 0 Å². The molecule has 0 aromatic rings. The molecule has 0 atom stereocenters. The lowest BCUT2D eigenvalue weighted by molar-refractivity contribution is 0.406. The van der Waals surface area contributed by atoms with E-state index >= 15 is 0 Å². The van der Waals surface area contributed by atoms with Gasteiger partial charge in [0.2, 0.25) is 0 Å². The predicted molar refractivity (Wildman–Crippen MR) is 35.8 cm³/mol. The number of allylic oxidation sites excluding steroid dienone is 3. The largest absolute Gasteiger partial charge is 0.513 e. The van der Waals surface area contributed by atoms with E-state index in [4.69, 9.17) is 5.11 Å². The summed E-state index contributed by atoms with van der Waals surface area (Å²) in [5.41, 5.74) is 0.986. The molecule has 0 amide bonds. The first kappa shape index (κ1) is 7.28. The van der Waals surface area contributed by atoms with Crippen LogP contribution >= 0.6 is 0 Å². The molecule has 0 aliphatic carbocycles. The first-order valence-electron chi connectivity index (χ1n) is 2.64. The lowest BCUT2D eigenvalue weighted by Crippen LogP contribution is -1.78. The van der Waals surface area contributed by atoms with Gasteiger partial charge in [0.15, 0.2) is 0 Å². The molecule has 0 bridgehead atoms. The van der Waals surface area contributed by atoms with Crippen LogP contribution in [0.1, 0.15) is 20.3 Å². The van der Waals surface area contributed by atoms with Crippen molar-refractivity contribution < 1.29 is 5.11 Å². The van der Waals surface area contributed by atoms with Gasteiger partial charge in [0.05, 0.1) is 5.76 Å². The molecule has 46 valence electrons. The van der Waals surface area contributed by atoms with Crippen molar-refractivity contribution >= 4 is 0 Å². The fraction of sp³-hybridized carbons (Fsp3) is 0.429. The van der Waals surface area contributed by atoms with Gasteiger partial charge in [-0.3, -0.25) is 0 Å². The second-order valence-electron chi connectivity index (χ2n) is 1.86. The van der Waals surface area contributed by atoms with Crippen molar-refractivity contribution in [1.29, 1.82) is 0 Å². The smallest absolute Gasteiger partial charge is 0.0884 e. The first-order valence-corrected chi connectivity index (χ1v) is 2.64. The van der Waals surface area contributed by atoms with Crippen LogP contribution in [0.5, 0.6) is 0 Å². The highest BCUT2D eigenvalue weighted by Gasteiger charge is 1.87. The summed E-state index contributed by atoms with van der Waals surface area (Å²) >= 11 is 0. The molecule has 0 spiro atoms. The topological polar surface area (TPSA) is 20.2 Å². The Balaban J connectivity index is 3.79. The summed E-state index contributed by atoms with van der Waals surface area (Å²) in [4.78, 5) is 0. The summed E-state index contributed by atoms with van der Waals surface area (Å²) in [6, 6.07) is 0. The van der Waals surface area contributed by atoms with Gasteiger partial charge in [-0.15, -0.1) is 6.58 Å². The molecule has 1 N–H and O–H groups in total. The zero-order chi connectivity index (χ0) is 6.57. The van der Waals surface area contributed by atoms with E-state index < -0.39 is 0 Å². The van der Waals surface area contributed by atoms with Crippen LogP contribution in [0.3, 0.4) is 0 Å². The zero-order valence-corrected chi connectivity index (χ0v) is 5.44. The monoisotopic (exact) mass is 112 g/mol. The summed E-state index contributed by atoms with van der Waals surface area (Å²) < 4.78 is 0. The van der Waals surface area contributed by atoms with Crippen LogP contribution in [0.4, 0.5) is 0 Å². The maximum Gasteiger partial charge on any atom is 0.0884 e. The van der Waals surface area contributed by atoms with Gasteiger partial charge in [-0.2, -0.15) is 0 Å². The van der Waals surface area contributed by atoms with Gasteiger partial charge < -0.3 is 5.11 Å². The molecule has 0 saturated heterocycles. The molecule has 0 fully saturated rings. The fourth-order valence-electron chi connectivity index (χ4n) is 0.364. The summed E-state index contributed by atoms with van der Waals surface area (Å²) in [6.07, 6.45) is 2.55. The van der Waals surface area contributed by atoms with Crippen molar-refractivity contribution in [2.24, 2.45) is 0 Å². The second kappa shape index (κ2) is 3.30. The number of aliphatic hydroxyl groups is 1. The van der Waals surface area contributed by atoms with E-state index in [1.165, 1.54) is 0 Å². The van der Waals surface area contributed by atoms with Crippen molar-refractivity contribution in [1.82, 2.24) is 0 Å². The van der Waals surface area contributed by atoms with Gasteiger partial charge >= 0.3 is 0 Å². The Morgan fingerprint density at radius 2 is 2.12 bits per heavy atom. The molecular formula is C7H12O. The van der Waals surface area contributed by atoms with Gasteiger partial charge in [0.1, 0.15) is 0 Å². The highest BCUT2D eigenvalue weighted by Crippen LogP contribution is 2.03. The minimum atomic E-state index is 0.407. The van der Waals surface area contributed by atoms with Gasteiger partial charge in [-0.25, -0.2) is 0 Å².